The minimum Gasteiger partial charge on any atom is -0.478 e. The van der Waals surface area contributed by atoms with Gasteiger partial charge in [-0.05, 0) is 61.0 Å². The predicted molar refractivity (Wildman–Crippen MR) is 140 cm³/mol. The molecule has 0 aliphatic heterocycles. The van der Waals surface area contributed by atoms with Gasteiger partial charge in [0, 0.05) is 26.3 Å². The second-order valence-electron chi connectivity index (χ2n) is 7.51. The fourth-order valence-corrected chi connectivity index (χ4v) is 4.77. The third-order valence-corrected chi connectivity index (χ3v) is 6.70. The Hall–Kier alpha value is -3.53. The van der Waals surface area contributed by atoms with E-state index >= 15 is 0 Å². The molecule has 0 fully saturated rings. The SMILES string of the molecule is CCC(Sc1cccc(NC(=O)c2ccc(C(=O)O)cc2C(=O)O)c1)C(=O)Nc1cc(Cl)cc(Cl)c1. The predicted octanol–water partition coefficient (Wildman–Crippen LogP) is 6.15. The van der Waals surface area contributed by atoms with Crippen molar-refractivity contribution in [2.24, 2.45) is 0 Å². The molecule has 1 unspecified atom stereocenters. The highest BCUT2D eigenvalue weighted by molar-refractivity contribution is 8.00. The third kappa shape index (κ3) is 7.00. The Morgan fingerprint density at radius 1 is 0.833 bits per heavy atom. The van der Waals surface area contributed by atoms with Crippen LogP contribution in [0.3, 0.4) is 0 Å². The molecule has 0 saturated heterocycles. The quantitative estimate of drug-likeness (QED) is 0.236. The van der Waals surface area contributed by atoms with Crippen molar-refractivity contribution in [3.63, 3.8) is 0 Å². The molecule has 0 bridgehead atoms. The Morgan fingerprint density at radius 3 is 2.14 bits per heavy atom. The molecule has 4 N–H and O–H groups in total. The van der Waals surface area contributed by atoms with E-state index in [-0.39, 0.29) is 17.0 Å². The number of rotatable bonds is 9. The molecule has 0 saturated carbocycles. The van der Waals surface area contributed by atoms with Crippen molar-refractivity contribution in [1.82, 2.24) is 0 Å². The van der Waals surface area contributed by atoms with Crippen LogP contribution in [0.15, 0.2) is 65.6 Å². The summed E-state index contributed by atoms with van der Waals surface area (Å²) in [4.78, 5) is 49.0. The van der Waals surface area contributed by atoms with Crippen LogP contribution in [0.25, 0.3) is 0 Å². The van der Waals surface area contributed by atoms with Gasteiger partial charge in [-0.15, -0.1) is 11.8 Å². The van der Waals surface area contributed by atoms with Crippen molar-refractivity contribution >= 4 is 70.1 Å². The molecular formula is C25H20Cl2N2O6S. The van der Waals surface area contributed by atoms with E-state index < -0.39 is 28.7 Å². The van der Waals surface area contributed by atoms with Gasteiger partial charge >= 0.3 is 11.9 Å². The summed E-state index contributed by atoms with van der Waals surface area (Å²) in [6.07, 6.45) is 0.513. The lowest BCUT2D eigenvalue weighted by Gasteiger charge is -2.16. The number of nitrogens with one attached hydrogen (secondary N) is 2. The Bertz CT molecular complexity index is 1330. The number of hydrogen-bond acceptors (Lipinski definition) is 5. The van der Waals surface area contributed by atoms with E-state index in [1.807, 2.05) is 6.92 Å². The molecule has 0 aromatic heterocycles. The molecule has 0 spiro atoms. The normalized spacial score (nSPS) is 11.4. The van der Waals surface area contributed by atoms with Crippen LogP contribution in [-0.2, 0) is 4.79 Å². The molecule has 36 heavy (non-hydrogen) atoms. The van der Waals surface area contributed by atoms with Crippen LogP contribution in [0.1, 0.15) is 44.4 Å². The number of thioether (sulfide) groups is 1. The third-order valence-electron chi connectivity index (χ3n) is 4.91. The summed E-state index contributed by atoms with van der Waals surface area (Å²) in [6.45, 7) is 1.86. The Kier molecular flexibility index (Phi) is 8.98. The van der Waals surface area contributed by atoms with E-state index in [1.165, 1.54) is 11.8 Å². The maximum Gasteiger partial charge on any atom is 0.336 e. The molecule has 2 amide bonds. The zero-order valence-electron chi connectivity index (χ0n) is 18.7. The number of carbonyl (C=O) groups is 4. The number of halogens is 2. The van der Waals surface area contributed by atoms with Gasteiger partial charge in [0.15, 0.2) is 0 Å². The van der Waals surface area contributed by atoms with Crippen LogP contribution < -0.4 is 10.6 Å². The molecule has 8 nitrogen and oxygen atoms in total. The summed E-state index contributed by atoms with van der Waals surface area (Å²) in [5, 5.41) is 24.3. The van der Waals surface area contributed by atoms with E-state index in [2.05, 4.69) is 10.6 Å². The van der Waals surface area contributed by atoms with Gasteiger partial charge in [0.25, 0.3) is 5.91 Å². The monoisotopic (exact) mass is 546 g/mol. The van der Waals surface area contributed by atoms with Crippen molar-refractivity contribution < 1.29 is 29.4 Å². The maximum absolute atomic E-state index is 12.8. The highest BCUT2D eigenvalue weighted by Gasteiger charge is 2.21. The minimum absolute atomic E-state index is 0.184. The van der Waals surface area contributed by atoms with Crippen LogP contribution in [0, 0.1) is 0 Å². The van der Waals surface area contributed by atoms with Crippen molar-refractivity contribution in [2.75, 3.05) is 10.6 Å². The minimum atomic E-state index is -1.43. The van der Waals surface area contributed by atoms with Crippen LogP contribution >= 0.6 is 35.0 Å². The second kappa shape index (κ2) is 11.9. The highest BCUT2D eigenvalue weighted by Crippen LogP contribution is 2.30. The van der Waals surface area contributed by atoms with Crippen molar-refractivity contribution in [1.29, 1.82) is 0 Å². The maximum atomic E-state index is 12.8. The standard InChI is InChI=1S/C25H20Cl2N2O6S/c1-2-21(23(31)29-17-10-14(26)9-15(27)11-17)36-18-5-3-4-16(12-18)28-22(30)19-7-6-13(24(32)33)8-20(19)25(34)35/h3-12,21H,2H2,1H3,(H,28,30)(H,29,31)(H,32,33)(H,34,35). The van der Waals surface area contributed by atoms with Crippen LogP contribution in [0.2, 0.25) is 10.0 Å². The molecule has 3 aromatic carbocycles. The number of benzene rings is 3. The van der Waals surface area contributed by atoms with E-state index in [0.29, 0.717) is 32.7 Å². The molecule has 0 aliphatic carbocycles. The largest absolute Gasteiger partial charge is 0.478 e. The zero-order chi connectivity index (χ0) is 26.4. The summed E-state index contributed by atoms with van der Waals surface area (Å²) in [5.74, 6) is -3.69. The van der Waals surface area contributed by atoms with E-state index in [4.69, 9.17) is 28.3 Å². The van der Waals surface area contributed by atoms with E-state index in [0.717, 1.165) is 18.2 Å². The lowest BCUT2D eigenvalue weighted by atomic mass is 10.0. The molecule has 186 valence electrons. The molecule has 11 heteroatoms. The molecule has 0 radical (unpaired) electrons. The van der Waals surface area contributed by atoms with Gasteiger partial charge in [0.2, 0.25) is 5.91 Å². The van der Waals surface area contributed by atoms with Gasteiger partial charge in [-0.3, -0.25) is 9.59 Å². The van der Waals surface area contributed by atoms with Crippen LogP contribution in [-0.4, -0.2) is 39.2 Å². The smallest absolute Gasteiger partial charge is 0.336 e. The molecule has 1 atom stereocenters. The summed E-state index contributed by atoms with van der Waals surface area (Å²) < 4.78 is 0. The first-order chi connectivity index (χ1) is 17.1. The number of carbonyl (C=O) groups excluding carboxylic acids is 2. The number of aromatic carboxylic acids is 2. The molecule has 0 aliphatic rings. The molecule has 3 rings (SSSR count). The average molecular weight is 547 g/mol. The van der Waals surface area contributed by atoms with Gasteiger partial charge in [-0.25, -0.2) is 9.59 Å². The van der Waals surface area contributed by atoms with Gasteiger partial charge < -0.3 is 20.8 Å². The van der Waals surface area contributed by atoms with Crippen LogP contribution in [0.4, 0.5) is 11.4 Å². The number of carboxylic acids is 2. The van der Waals surface area contributed by atoms with Crippen molar-refractivity contribution in [3.8, 4) is 0 Å². The summed E-state index contributed by atoms with van der Waals surface area (Å²) in [7, 11) is 0. The van der Waals surface area contributed by atoms with Crippen molar-refractivity contribution in [3.05, 3.63) is 87.4 Å². The Labute approximate surface area is 220 Å². The van der Waals surface area contributed by atoms with Gasteiger partial charge in [0.1, 0.15) is 0 Å². The number of anilines is 2. The lowest BCUT2D eigenvalue weighted by Crippen LogP contribution is -2.24. The Balaban J connectivity index is 1.74. The van der Waals surface area contributed by atoms with E-state index in [9.17, 15) is 24.3 Å². The number of carboxylic acid groups (broad SMARTS) is 2. The van der Waals surface area contributed by atoms with Gasteiger partial charge in [0.05, 0.1) is 21.9 Å². The number of amides is 2. The van der Waals surface area contributed by atoms with Gasteiger partial charge in [-0.2, -0.15) is 0 Å². The number of hydrogen-bond donors (Lipinski definition) is 4. The first-order valence-corrected chi connectivity index (χ1v) is 12.2. The Morgan fingerprint density at radius 2 is 1.53 bits per heavy atom. The lowest BCUT2D eigenvalue weighted by molar-refractivity contribution is -0.115. The summed E-state index contributed by atoms with van der Waals surface area (Å²) in [5.41, 5.74) is -0.00848. The zero-order valence-corrected chi connectivity index (χ0v) is 21.1. The molecular weight excluding hydrogens is 527 g/mol. The average Bonchev–Trinajstić information content (AvgIpc) is 2.81. The first kappa shape index (κ1) is 27.1. The second-order valence-corrected chi connectivity index (χ2v) is 9.66. The summed E-state index contributed by atoms with van der Waals surface area (Å²) in [6, 6.07) is 14.7. The van der Waals surface area contributed by atoms with Gasteiger partial charge in [-0.1, -0.05) is 36.2 Å². The van der Waals surface area contributed by atoms with Crippen LogP contribution in [0.5, 0.6) is 0 Å². The topological polar surface area (TPSA) is 133 Å². The summed E-state index contributed by atoms with van der Waals surface area (Å²) >= 11 is 13.3. The first-order valence-electron chi connectivity index (χ1n) is 10.5. The fourth-order valence-electron chi connectivity index (χ4n) is 3.23. The fraction of sp³-hybridized carbons (Fsp3) is 0.120. The van der Waals surface area contributed by atoms with E-state index in [1.54, 1.807) is 42.5 Å². The molecule has 0 heterocycles. The highest BCUT2D eigenvalue weighted by atomic mass is 35.5. The van der Waals surface area contributed by atoms with Crippen molar-refractivity contribution in [2.45, 2.75) is 23.5 Å². The molecule has 3 aromatic rings.